The Bertz CT molecular complexity index is 1650. The number of hydrogen-bond donors (Lipinski definition) is 3. The summed E-state index contributed by atoms with van der Waals surface area (Å²) in [4.78, 5) is 19.3. The topological polar surface area (TPSA) is 112 Å². The molecule has 1 atom stereocenters. The van der Waals surface area contributed by atoms with E-state index in [0.29, 0.717) is 33.9 Å². The summed E-state index contributed by atoms with van der Waals surface area (Å²) in [5, 5.41) is 13.0. The standard InChI is InChI=1S/C28H30F6N4O4S2/c1-16(27(29,30)31)37-44(41,42)22-10-9-20(18-7-2-3-8-19(18)22)23-21(13-17-5-4-6-17)36-25(43-23)24(39)35-11-12-38-14-26(40,15-38)28(32,33)34/h2-3,7-10,16-17,37,40H,4-6,11-15H2,1H3,(H,35,39). The molecule has 240 valence electrons. The Morgan fingerprint density at radius 1 is 1.11 bits per heavy atom. The Morgan fingerprint density at radius 2 is 1.77 bits per heavy atom. The molecule has 1 aliphatic carbocycles. The van der Waals surface area contributed by atoms with Gasteiger partial charge in [-0.25, -0.2) is 13.4 Å². The van der Waals surface area contributed by atoms with Gasteiger partial charge >= 0.3 is 12.4 Å². The Hall–Kier alpha value is -2.79. The molecule has 1 saturated heterocycles. The summed E-state index contributed by atoms with van der Waals surface area (Å²) in [6, 6.07) is 6.83. The van der Waals surface area contributed by atoms with Gasteiger partial charge in [-0.05, 0) is 30.7 Å². The minimum Gasteiger partial charge on any atom is -0.378 e. The van der Waals surface area contributed by atoms with Crippen molar-refractivity contribution in [2.24, 2.45) is 5.92 Å². The maximum Gasteiger partial charge on any atom is 0.419 e. The van der Waals surface area contributed by atoms with Crippen molar-refractivity contribution in [3.8, 4) is 10.4 Å². The lowest BCUT2D eigenvalue weighted by atomic mass is 9.81. The van der Waals surface area contributed by atoms with Gasteiger partial charge in [-0.1, -0.05) is 49.6 Å². The minimum atomic E-state index is -4.78. The number of carbonyl (C=O) groups excluding carboxylic acids is 1. The van der Waals surface area contributed by atoms with Crippen molar-refractivity contribution in [2.75, 3.05) is 26.2 Å². The number of nitrogens with one attached hydrogen (secondary N) is 2. The number of aromatic nitrogens is 1. The van der Waals surface area contributed by atoms with Gasteiger partial charge in [0.1, 0.15) is 6.04 Å². The van der Waals surface area contributed by atoms with Gasteiger partial charge in [0.2, 0.25) is 10.0 Å². The number of rotatable bonds is 10. The van der Waals surface area contributed by atoms with Crippen molar-refractivity contribution in [1.29, 1.82) is 0 Å². The lowest BCUT2D eigenvalue weighted by Crippen LogP contribution is -2.69. The number of halogens is 6. The van der Waals surface area contributed by atoms with E-state index < -0.39 is 53.0 Å². The third kappa shape index (κ3) is 6.59. The van der Waals surface area contributed by atoms with E-state index in [-0.39, 0.29) is 28.4 Å². The van der Waals surface area contributed by atoms with Crippen molar-refractivity contribution in [3.05, 3.63) is 47.1 Å². The van der Waals surface area contributed by atoms with Gasteiger partial charge in [0, 0.05) is 37.1 Å². The molecule has 5 rings (SSSR count). The van der Waals surface area contributed by atoms with E-state index in [1.807, 2.05) is 0 Å². The first kappa shape index (κ1) is 32.6. The molecule has 1 unspecified atom stereocenters. The van der Waals surface area contributed by atoms with Crippen molar-refractivity contribution in [3.63, 3.8) is 0 Å². The molecule has 2 aliphatic rings. The van der Waals surface area contributed by atoms with Gasteiger partial charge in [0.05, 0.1) is 15.5 Å². The van der Waals surface area contributed by atoms with Gasteiger partial charge < -0.3 is 10.4 Å². The number of aliphatic hydroxyl groups is 1. The van der Waals surface area contributed by atoms with Crippen LogP contribution in [0.1, 0.15) is 41.7 Å². The zero-order valence-corrected chi connectivity index (χ0v) is 25.1. The number of amides is 1. The van der Waals surface area contributed by atoms with Gasteiger partial charge in [0.15, 0.2) is 10.6 Å². The molecule has 0 bridgehead atoms. The van der Waals surface area contributed by atoms with Crippen molar-refractivity contribution in [1.82, 2.24) is 19.9 Å². The van der Waals surface area contributed by atoms with Crippen LogP contribution in [0.2, 0.25) is 0 Å². The van der Waals surface area contributed by atoms with Crippen LogP contribution in [0.15, 0.2) is 41.3 Å². The SMILES string of the molecule is CC(NS(=O)(=O)c1ccc(-c2sc(C(=O)NCCN3CC(O)(C(F)(F)F)C3)nc2CC2CCC2)c2ccccc12)C(F)(F)F. The quantitative estimate of drug-likeness (QED) is 0.267. The summed E-state index contributed by atoms with van der Waals surface area (Å²) in [5.74, 6) is -0.180. The molecule has 44 heavy (non-hydrogen) atoms. The fourth-order valence-electron chi connectivity index (χ4n) is 5.27. The number of carbonyl (C=O) groups is 1. The highest BCUT2D eigenvalue weighted by Gasteiger charge is 2.60. The number of nitrogens with zero attached hydrogens (tertiary/aromatic N) is 2. The van der Waals surface area contributed by atoms with E-state index in [4.69, 9.17) is 0 Å². The number of alkyl halides is 6. The van der Waals surface area contributed by atoms with E-state index in [1.54, 1.807) is 22.9 Å². The molecule has 16 heteroatoms. The van der Waals surface area contributed by atoms with E-state index in [1.165, 1.54) is 23.1 Å². The molecule has 0 radical (unpaired) electrons. The third-order valence-electron chi connectivity index (χ3n) is 8.05. The Kier molecular flexibility index (Phi) is 8.78. The largest absolute Gasteiger partial charge is 0.419 e. The average Bonchev–Trinajstić information content (AvgIpc) is 3.31. The van der Waals surface area contributed by atoms with Crippen molar-refractivity contribution >= 4 is 38.0 Å². The molecule has 2 aromatic carbocycles. The Morgan fingerprint density at radius 3 is 2.36 bits per heavy atom. The molecule has 1 amide bonds. The van der Waals surface area contributed by atoms with Crippen LogP contribution in [0.25, 0.3) is 21.2 Å². The molecule has 2 fully saturated rings. The highest BCUT2D eigenvalue weighted by atomic mass is 32.2. The monoisotopic (exact) mass is 664 g/mol. The molecule has 3 N–H and O–H groups in total. The molecular formula is C28H30F6N4O4S2. The third-order valence-corrected chi connectivity index (χ3v) is 10.8. The second-order valence-electron chi connectivity index (χ2n) is 11.3. The molecule has 3 aromatic rings. The first-order valence-electron chi connectivity index (χ1n) is 13.9. The number of likely N-dealkylation sites (tertiary alicyclic amines) is 1. The maximum absolute atomic E-state index is 13.1. The fourth-order valence-corrected chi connectivity index (χ4v) is 7.76. The summed E-state index contributed by atoms with van der Waals surface area (Å²) in [7, 11) is -4.56. The number of fused-ring (bicyclic) bond motifs is 1. The number of benzene rings is 2. The smallest absolute Gasteiger partial charge is 0.378 e. The summed E-state index contributed by atoms with van der Waals surface area (Å²) in [6.07, 6.45) is -5.90. The highest BCUT2D eigenvalue weighted by Crippen LogP contribution is 2.41. The van der Waals surface area contributed by atoms with Crippen LogP contribution >= 0.6 is 11.3 Å². The normalized spacial score (nSPS) is 18.5. The number of thiazole rings is 1. The minimum absolute atomic E-state index is 0.0263. The van der Waals surface area contributed by atoms with Crippen molar-refractivity contribution < 1.29 is 44.7 Å². The predicted octanol–water partition coefficient (Wildman–Crippen LogP) is 4.87. The first-order chi connectivity index (χ1) is 20.5. The van der Waals surface area contributed by atoms with Crippen molar-refractivity contribution in [2.45, 2.75) is 61.5 Å². The van der Waals surface area contributed by atoms with Gasteiger partial charge in [0.25, 0.3) is 5.91 Å². The number of hydrogen-bond acceptors (Lipinski definition) is 7. The second-order valence-corrected chi connectivity index (χ2v) is 14.0. The zero-order chi connectivity index (χ0) is 32.1. The Labute approximate surface area is 253 Å². The van der Waals surface area contributed by atoms with Crippen LogP contribution in [0.3, 0.4) is 0 Å². The number of β-amino-alcohol motifs (C(OH)–C–C–N with tert-alkyl or cyclic N) is 1. The molecular weight excluding hydrogens is 634 g/mol. The molecule has 0 spiro atoms. The maximum atomic E-state index is 13.1. The molecule has 1 aliphatic heterocycles. The van der Waals surface area contributed by atoms with Crippen LogP contribution < -0.4 is 10.0 Å². The van der Waals surface area contributed by atoms with E-state index in [2.05, 4.69) is 10.3 Å². The molecule has 1 saturated carbocycles. The lowest BCUT2D eigenvalue weighted by molar-refractivity contribution is -0.301. The van der Waals surface area contributed by atoms with Crippen LogP contribution in [-0.4, -0.2) is 79.5 Å². The average molecular weight is 665 g/mol. The van der Waals surface area contributed by atoms with Gasteiger partial charge in [-0.2, -0.15) is 31.1 Å². The summed E-state index contributed by atoms with van der Waals surface area (Å²) in [5.41, 5.74) is -1.55. The summed E-state index contributed by atoms with van der Waals surface area (Å²) in [6.45, 7) is -0.320. The molecule has 8 nitrogen and oxygen atoms in total. The first-order valence-corrected chi connectivity index (χ1v) is 16.2. The van der Waals surface area contributed by atoms with Crippen LogP contribution in [0.4, 0.5) is 26.3 Å². The summed E-state index contributed by atoms with van der Waals surface area (Å²) < 4.78 is 106. The predicted molar refractivity (Wildman–Crippen MR) is 152 cm³/mol. The van der Waals surface area contributed by atoms with E-state index in [0.717, 1.165) is 37.5 Å². The lowest BCUT2D eigenvalue weighted by Gasteiger charge is -2.47. The second kappa shape index (κ2) is 11.9. The van der Waals surface area contributed by atoms with Crippen LogP contribution in [0, 0.1) is 5.92 Å². The van der Waals surface area contributed by atoms with Crippen LogP contribution in [0.5, 0.6) is 0 Å². The van der Waals surface area contributed by atoms with E-state index in [9.17, 15) is 44.7 Å². The number of sulfonamides is 1. The fraction of sp³-hybridized carbons (Fsp3) is 0.500. The van der Waals surface area contributed by atoms with E-state index >= 15 is 0 Å². The van der Waals surface area contributed by atoms with Gasteiger partial charge in [-0.3, -0.25) is 9.69 Å². The molecule has 2 heterocycles. The Balaban J connectivity index is 1.40. The van der Waals surface area contributed by atoms with Gasteiger partial charge in [-0.15, -0.1) is 11.3 Å². The zero-order valence-electron chi connectivity index (χ0n) is 23.4. The molecule has 1 aromatic heterocycles. The van der Waals surface area contributed by atoms with Crippen LogP contribution in [-0.2, 0) is 16.4 Å². The summed E-state index contributed by atoms with van der Waals surface area (Å²) >= 11 is 1.08. The highest BCUT2D eigenvalue weighted by molar-refractivity contribution is 7.89.